The molecule has 3 nitrogen and oxygen atoms in total. The second kappa shape index (κ2) is 2.76. The second-order valence-corrected chi connectivity index (χ2v) is 3.29. The van der Waals surface area contributed by atoms with Crippen LogP contribution in [0.2, 0.25) is 0 Å². The Morgan fingerprint density at radius 2 is 2.08 bits per heavy atom. The zero-order valence-corrected chi connectivity index (χ0v) is 7.45. The van der Waals surface area contributed by atoms with Gasteiger partial charge in [-0.1, -0.05) is 6.07 Å². The number of hydrogen-bond acceptors (Lipinski definition) is 1. The van der Waals surface area contributed by atoms with Gasteiger partial charge in [-0.2, -0.15) is 0 Å². The molecule has 0 aromatic heterocycles. The Morgan fingerprint density at radius 1 is 1.38 bits per heavy atom. The number of anilines is 1. The Kier molecular flexibility index (Phi) is 1.72. The van der Waals surface area contributed by atoms with Crippen molar-refractivity contribution in [1.29, 1.82) is 0 Å². The number of carboxylic acid groups (broad SMARTS) is 1. The van der Waals surface area contributed by atoms with Crippen molar-refractivity contribution in [3.05, 3.63) is 29.3 Å². The third-order valence-electron chi connectivity index (χ3n) is 2.53. The van der Waals surface area contributed by atoms with Gasteiger partial charge in [0.15, 0.2) is 0 Å². The highest BCUT2D eigenvalue weighted by Crippen LogP contribution is 2.27. The predicted octanol–water partition coefficient (Wildman–Crippen LogP) is 1.90. The lowest BCUT2D eigenvalue weighted by Gasteiger charge is -2.21. The summed E-state index contributed by atoms with van der Waals surface area (Å²) < 4.78 is 0. The predicted molar refractivity (Wildman–Crippen MR) is 50.3 cm³/mol. The molecule has 1 aromatic carbocycles. The molecule has 0 unspecified atom stereocenters. The molecule has 0 saturated carbocycles. The van der Waals surface area contributed by atoms with Gasteiger partial charge in [0.1, 0.15) is 0 Å². The van der Waals surface area contributed by atoms with Crippen molar-refractivity contribution in [1.82, 2.24) is 0 Å². The minimum absolute atomic E-state index is 0.756. The molecule has 0 saturated heterocycles. The third-order valence-corrected chi connectivity index (χ3v) is 2.53. The van der Waals surface area contributed by atoms with Crippen molar-refractivity contribution in [3.63, 3.8) is 0 Å². The molecule has 1 N–H and O–H groups in total. The molecule has 0 heterocycles. The quantitative estimate of drug-likeness (QED) is 0.711. The molecule has 1 aliphatic rings. The number of aryl methyl sites for hydroxylation is 2. The van der Waals surface area contributed by atoms with Crippen LogP contribution in [-0.2, 0) is 12.8 Å². The lowest BCUT2D eigenvalue weighted by atomic mass is 9.88. The van der Waals surface area contributed by atoms with Gasteiger partial charge in [-0.05, 0) is 36.1 Å². The van der Waals surface area contributed by atoms with E-state index in [-0.39, 0.29) is 0 Å². The Balaban J connectivity index is 2.31. The molecule has 3 heteroatoms. The van der Waals surface area contributed by atoms with Crippen molar-refractivity contribution >= 4 is 11.8 Å². The van der Waals surface area contributed by atoms with Gasteiger partial charge in [0.25, 0.3) is 0 Å². The molecule has 0 radical (unpaired) electrons. The average molecular weight is 177 g/mol. The van der Waals surface area contributed by atoms with E-state index in [1.165, 1.54) is 16.0 Å². The maximum absolute atomic E-state index is 10.6. The Labute approximate surface area is 76.6 Å². The standard InChI is InChI=1S/C10H11NO2/c1-11(10(12)13)9-5-4-7-2-3-8(7)6-9/h4-6H,2-3H2,1H3,(H,12,13). The number of amides is 1. The molecule has 0 spiro atoms. The summed E-state index contributed by atoms with van der Waals surface area (Å²) in [6.45, 7) is 0. The van der Waals surface area contributed by atoms with Crippen LogP contribution in [0.1, 0.15) is 11.1 Å². The van der Waals surface area contributed by atoms with Crippen molar-refractivity contribution in [3.8, 4) is 0 Å². The molecular formula is C10H11NO2. The van der Waals surface area contributed by atoms with E-state index in [0.29, 0.717) is 0 Å². The van der Waals surface area contributed by atoms with E-state index in [0.717, 1.165) is 18.5 Å². The molecule has 0 aliphatic heterocycles. The Hall–Kier alpha value is -1.51. The summed E-state index contributed by atoms with van der Waals surface area (Å²) in [5.74, 6) is 0. The van der Waals surface area contributed by atoms with E-state index in [1.807, 2.05) is 18.2 Å². The summed E-state index contributed by atoms with van der Waals surface area (Å²) in [5, 5.41) is 8.74. The van der Waals surface area contributed by atoms with Crippen LogP contribution < -0.4 is 4.90 Å². The molecular weight excluding hydrogens is 166 g/mol. The van der Waals surface area contributed by atoms with E-state index in [9.17, 15) is 4.79 Å². The minimum atomic E-state index is -0.917. The van der Waals surface area contributed by atoms with Gasteiger partial charge in [-0.3, -0.25) is 4.90 Å². The molecule has 1 amide bonds. The van der Waals surface area contributed by atoms with Gasteiger partial charge in [0.2, 0.25) is 0 Å². The summed E-state index contributed by atoms with van der Waals surface area (Å²) >= 11 is 0. The largest absolute Gasteiger partial charge is 0.465 e. The normalized spacial score (nSPS) is 13.0. The number of hydrogen-bond donors (Lipinski definition) is 1. The van der Waals surface area contributed by atoms with Crippen LogP contribution in [0.25, 0.3) is 0 Å². The summed E-state index contributed by atoms with van der Waals surface area (Å²) in [5.41, 5.74) is 3.39. The van der Waals surface area contributed by atoms with Crippen molar-refractivity contribution in [2.24, 2.45) is 0 Å². The first-order valence-electron chi connectivity index (χ1n) is 4.27. The topological polar surface area (TPSA) is 40.5 Å². The summed E-state index contributed by atoms with van der Waals surface area (Å²) in [7, 11) is 1.56. The molecule has 0 bridgehead atoms. The molecule has 1 aromatic rings. The highest BCUT2D eigenvalue weighted by Gasteiger charge is 2.15. The molecule has 1 aliphatic carbocycles. The van der Waals surface area contributed by atoms with Crippen molar-refractivity contribution in [2.75, 3.05) is 11.9 Å². The van der Waals surface area contributed by atoms with Crippen molar-refractivity contribution < 1.29 is 9.90 Å². The van der Waals surface area contributed by atoms with E-state index in [2.05, 4.69) is 0 Å². The smallest absolute Gasteiger partial charge is 0.411 e. The van der Waals surface area contributed by atoms with Crippen LogP contribution in [0.15, 0.2) is 18.2 Å². The van der Waals surface area contributed by atoms with Gasteiger partial charge < -0.3 is 5.11 Å². The zero-order valence-electron chi connectivity index (χ0n) is 7.45. The fourth-order valence-electron chi connectivity index (χ4n) is 1.50. The number of benzene rings is 1. The highest BCUT2D eigenvalue weighted by molar-refractivity contribution is 5.85. The minimum Gasteiger partial charge on any atom is -0.465 e. The molecule has 0 fully saturated rings. The van der Waals surface area contributed by atoms with Gasteiger partial charge in [-0.25, -0.2) is 4.79 Å². The molecule has 68 valence electrons. The lowest BCUT2D eigenvalue weighted by Crippen LogP contribution is -2.24. The van der Waals surface area contributed by atoms with Gasteiger partial charge in [-0.15, -0.1) is 0 Å². The maximum atomic E-state index is 10.6. The first-order valence-corrected chi connectivity index (χ1v) is 4.27. The number of carbonyl (C=O) groups is 1. The number of rotatable bonds is 1. The van der Waals surface area contributed by atoms with Crippen LogP contribution in [0.5, 0.6) is 0 Å². The number of nitrogens with zero attached hydrogens (tertiary/aromatic N) is 1. The molecule has 13 heavy (non-hydrogen) atoms. The fourth-order valence-corrected chi connectivity index (χ4v) is 1.50. The van der Waals surface area contributed by atoms with Gasteiger partial charge in [0, 0.05) is 12.7 Å². The first kappa shape index (κ1) is 8.10. The first-order chi connectivity index (χ1) is 6.18. The average Bonchev–Trinajstić information content (AvgIpc) is 2.06. The van der Waals surface area contributed by atoms with Crippen molar-refractivity contribution in [2.45, 2.75) is 12.8 Å². The summed E-state index contributed by atoms with van der Waals surface area (Å²) in [4.78, 5) is 11.9. The summed E-state index contributed by atoms with van der Waals surface area (Å²) in [6, 6.07) is 5.81. The van der Waals surface area contributed by atoms with E-state index in [4.69, 9.17) is 5.11 Å². The maximum Gasteiger partial charge on any atom is 0.411 e. The van der Waals surface area contributed by atoms with Crippen LogP contribution >= 0.6 is 0 Å². The summed E-state index contributed by atoms with van der Waals surface area (Å²) in [6.07, 6.45) is 1.29. The van der Waals surface area contributed by atoms with Crippen LogP contribution in [0.3, 0.4) is 0 Å². The zero-order chi connectivity index (χ0) is 9.42. The highest BCUT2D eigenvalue weighted by atomic mass is 16.4. The van der Waals surface area contributed by atoms with Gasteiger partial charge in [0.05, 0.1) is 0 Å². The molecule has 2 rings (SSSR count). The Bertz CT molecular complexity index is 360. The van der Waals surface area contributed by atoms with E-state index in [1.54, 1.807) is 7.05 Å². The SMILES string of the molecule is CN(C(=O)O)c1ccc2c(c1)CC2. The van der Waals surface area contributed by atoms with E-state index >= 15 is 0 Å². The van der Waals surface area contributed by atoms with Crippen LogP contribution in [-0.4, -0.2) is 18.2 Å². The van der Waals surface area contributed by atoms with Gasteiger partial charge >= 0.3 is 6.09 Å². The Morgan fingerprint density at radius 3 is 2.54 bits per heavy atom. The van der Waals surface area contributed by atoms with Crippen LogP contribution in [0.4, 0.5) is 10.5 Å². The fraction of sp³-hybridized carbons (Fsp3) is 0.300. The van der Waals surface area contributed by atoms with E-state index < -0.39 is 6.09 Å². The molecule has 0 atom stereocenters. The van der Waals surface area contributed by atoms with Crippen LogP contribution in [0, 0.1) is 0 Å². The third kappa shape index (κ3) is 1.26. The monoisotopic (exact) mass is 177 g/mol. The number of fused-ring (bicyclic) bond motifs is 1. The second-order valence-electron chi connectivity index (χ2n) is 3.29. The lowest BCUT2D eigenvalue weighted by molar-refractivity contribution is 0.203.